The molecule has 3 rings (SSSR count). The van der Waals surface area contributed by atoms with Gasteiger partial charge >= 0.3 is 0 Å². The van der Waals surface area contributed by atoms with Gasteiger partial charge < -0.3 is 10.4 Å². The van der Waals surface area contributed by atoms with Crippen LogP contribution in [0.3, 0.4) is 0 Å². The largest absolute Gasteiger partial charge is 0.508 e. The van der Waals surface area contributed by atoms with Crippen LogP contribution in [0.2, 0.25) is 0 Å². The van der Waals surface area contributed by atoms with Crippen molar-refractivity contribution in [2.75, 3.05) is 11.9 Å². The molecule has 0 radical (unpaired) electrons. The van der Waals surface area contributed by atoms with Crippen molar-refractivity contribution >= 4 is 5.69 Å². The highest BCUT2D eigenvalue weighted by Gasteiger charge is 2.38. The fourth-order valence-electron chi connectivity index (χ4n) is 2.91. The molecule has 1 aromatic carbocycles. The van der Waals surface area contributed by atoms with Crippen LogP contribution in [0.4, 0.5) is 5.69 Å². The number of likely N-dealkylation sites (tertiary alicyclic amines) is 1. The van der Waals surface area contributed by atoms with E-state index in [0.717, 1.165) is 18.3 Å². The van der Waals surface area contributed by atoms with E-state index in [9.17, 15) is 5.11 Å². The van der Waals surface area contributed by atoms with Gasteiger partial charge in [0, 0.05) is 36.4 Å². The second kappa shape index (κ2) is 4.22. The van der Waals surface area contributed by atoms with Gasteiger partial charge in [-0.1, -0.05) is 6.07 Å². The minimum Gasteiger partial charge on any atom is -0.508 e. The lowest BCUT2D eigenvalue weighted by Gasteiger charge is -2.20. The normalized spacial score (nSPS) is 29.5. The Morgan fingerprint density at radius 3 is 2.88 bits per heavy atom. The van der Waals surface area contributed by atoms with E-state index >= 15 is 0 Å². The molecule has 0 spiro atoms. The zero-order valence-electron chi connectivity index (χ0n) is 10.3. The van der Waals surface area contributed by atoms with Crippen molar-refractivity contribution in [3.05, 3.63) is 24.3 Å². The fourth-order valence-corrected chi connectivity index (χ4v) is 2.91. The van der Waals surface area contributed by atoms with E-state index in [4.69, 9.17) is 0 Å². The van der Waals surface area contributed by atoms with Gasteiger partial charge in [-0.05, 0) is 38.3 Å². The van der Waals surface area contributed by atoms with Gasteiger partial charge in [-0.25, -0.2) is 0 Å². The Kier molecular flexibility index (Phi) is 2.71. The quantitative estimate of drug-likeness (QED) is 0.840. The van der Waals surface area contributed by atoms with Gasteiger partial charge in [-0.3, -0.25) is 4.90 Å². The SMILES string of the molecule is CC1CC(Nc2cccc(O)c2)CN1C1CC1. The van der Waals surface area contributed by atoms with Gasteiger partial charge in [0.2, 0.25) is 0 Å². The summed E-state index contributed by atoms with van der Waals surface area (Å²) in [7, 11) is 0. The van der Waals surface area contributed by atoms with Crippen molar-refractivity contribution in [3.8, 4) is 5.75 Å². The smallest absolute Gasteiger partial charge is 0.117 e. The lowest BCUT2D eigenvalue weighted by atomic mass is 10.2. The summed E-state index contributed by atoms with van der Waals surface area (Å²) >= 11 is 0. The summed E-state index contributed by atoms with van der Waals surface area (Å²) in [6.07, 6.45) is 3.96. The molecule has 1 aliphatic carbocycles. The molecule has 1 aliphatic heterocycles. The highest BCUT2D eigenvalue weighted by Crippen LogP contribution is 2.34. The summed E-state index contributed by atoms with van der Waals surface area (Å²) in [5.74, 6) is 0.333. The van der Waals surface area contributed by atoms with Crippen molar-refractivity contribution in [2.45, 2.75) is 44.3 Å². The Hall–Kier alpha value is -1.22. The number of benzene rings is 1. The van der Waals surface area contributed by atoms with Crippen LogP contribution < -0.4 is 5.32 Å². The summed E-state index contributed by atoms with van der Waals surface area (Å²) in [6, 6.07) is 9.47. The predicted molar refractivity (Wildman–Crippen MR) is 69.3 cm³/mol. The Morgan fingerprint density at radius 1 is 1.35 bits per heavy atom. The Labute approximate surface area is 102 Å². The highest BCUT2D eigenvalue weighted by molar-refractivity contribution is 5.48. The Balaban J connectivity index is 1.63. The van der Waals surface area contributed by atoms with Gasteiger partial charge in [-0.2, -0.15) is 0 Å². The standard InChI is InChI=1S/C14H20N2O/c1-10-7-12(9-16(10)13-5-6-13)15-11-3-2-4-14(17)8-11/h2-4,8,10,12-13,15,17H,5-7,9H2,1H3. The van der Waals surface area contributed by atoms with E-state index in [0.29, 0.717) is 17.8 Å². The average Bonchev–Trinajstić information content (AvgIpc) is 3.04. The monoisotopic (exact) mass is 232 g/mol. The minimum atomic E-state index is 0.333. The van der Waals surface area contributed by atoms with Crippen LogP contribution in [0.25, 0.3) is 0 Å². The molecule has 3 nitrogen and oxygen atoms in total. The van der Waals surface area contributed by atoms with E-state index in [1.54, 1.807) is 12.1 Å². The van der Waals surface area contributed by atoms with Crippen LogP contribution in [0.5, 0.6) is 5.75 Å². The van der Waals surface area contributed by atoms with Crippen LogP contribution in [0, 0.1) is 0 Å². The number of nitrogens with one attached hydrogen (secondary N) is 1. The third-order valence-corrected chi connectivity index (χ3v) is 3.86. The maximum Gasteiger partial charge on any atom is 0.117 e. The molecular weight excluding hydrogens is 212 g/mol. The summed E-state index contributed by atoms with van der Waals surface area (Å²) in [5, 5.41) is 13.0. The van der Waals surface area contributed by atoms with Crippen molar-refractivity contribution < 1.29 is 5.11 Å². The molecule has 1 aromatic rings. The highest BCUT2D eigenvalue weighted by atomic mass is 16.3. The van der Waals surface area contributed by atoms with Crippen LogP contribution in [-0.2, 0) is 0 Å². The van der Waals surface area contributed by atoms with E-state index < -0.39 is 0 Å². The van der Waals surface area contributed by atoms with Crippen LogP contribution in [0.15, 0.2) is 24.3 Å². The summed E-state index contributed by atoms with van der Waals surface area (Å²) < 4.78 is 0. The van der Waals surface area contributed by atoms with Crippen molar-refractivity contribution in [2.24, 2.45) is 0 Å². The van der Waals surface area contributed by atoms with Gasteiger partial charge in [0.05, 0.1) is 0 Å². The third kappa shape index (κ3) is 2.39. The number of aromatic hydroxyl groups is 1. The first-order valence-electron chi connectivity index (χ1n) is 6.53. The molecule has 0 bridgehead atoms. The number of nitrogens with zero attached hydrogens (tertiary/aromatic N) is 1. The molecule has 17 heavy (non-hydrogen) atoms. The topological polar surface area (TPSA) is 35.5 Å². The number of anilines is 1. The predicted octanol–water partition coefficient (Wildman–Crippen LogP) is 2.43. The number of hydrogen-bond acceptors (Lipinski definition) is 3. The first-order valence-corrected chi connectivity index (χ1v) is 6.53. The second-order valence-electron chi connectivity index (χ2n) is 5.40. The van der Waals surface area contributed by atoms with Crippen LogP contribution >= 0.6 is 0 Å². The van der Waals surface area contributed by atoms with E-state index in [1.807, 2.05) is 12.1 Å². The van der Waals surface area contributed by atoms with Crippen molar-refractivity contribution in [3.63, 3.8) is 0 Å². The van der Waals surface area contributed by atoms with E-state index in [1.165, 1.54) is 19.3 Å². The number of hydrogen-bond donors (Lipinski definition) is 2. The first-order chi connectivity index (χ1) is 8.22. The van der Waals surface area contributed by atoms with E-state index in [-0.39, 0.29) is 0 Å². The molecular formula is C14H20N2O. The maximum absolute atomic E-state index is 9.44. The summed E-state index contributed by atoms with van der Waals surface area (Å²) in [4.78, 5) is 2.63. The van der Waals surface area contributed by atoms with E-state index in [2.05, 4.69) is 17.1 Å². The van der Waals surface area contributed by atoms with Gasteiger partial charge in [0.15, 0.2) is 0 Å². The van der Waals surface area contributed by atoms with Gasteiger partial charge in [-0.15, -0.1) is 0 Å². The maximum atomic E-state index is 9.44. The zero-order valence-corrected chi connectivity index (χ0v) is 10.3. The van der Waals surface area contributed by atoms with Crippen LogP contribution in [-0.4, -0.2) is 34.7 Å². The lowest BCUT2D eigenvalue weighted by Crippen LogP contribution is -2.30. The molecule has 0 aromatic heterocycles. The molecule has 3 heteroatoms. The minimum absolute atomic E-state index is 0.333. The number of rotatable bonds is 3. The van der Waals surface area contributed by atoms with Gasteiger partial charge in [0.25, 0.3) is 0 Å². The Morgan fingerprint density at radius 2 is 2.18 bits per heavy atom. The summed E-state index contributed by atoms with van der Waals surface area (Å²) in [5.41, 5.74) is 1.03. The Bertz CT molecular complexity index is 403. The molecule has 1 heterocycles. The molecule has 2 fully saturated rings. The molecule has 2 aliphatic rings. The third-order valence-electron chi connectivity index (χ3n) is 3.86. The molecule has 0 amide bonds. The van der Waals surface area contributed by atoms with Crippen LogP contribution in [0.1, 0.15) is 26.2 Å². The van der Waals surface area contributed by atoms with Gasteiger partial charge in [0.1, 0.15) is 5.75 Å². The molecule has 2 atom stereocenters. The molecule has 92 valence electrons. The zero-order chi connectivity index (χ0) is 11.8. The molecule has 2 N–H and O–H groups in total. The second-order valence-corrected chi connectivity index (χ2v) is 5.40. The number of phenols is 1. The molecule has 2 unspecified atom stereocenters. The summed E-state index contributed by atoms with van der Waals surface area (Å²) in [6.45, 7) is 3.46. The first kappa shape index (κ1) is 10.9. The van der Waals surface area contributed by atoms with Crippen molar-refractivity contribution in [1.29, 1.82) is 0 Å². The lowest BCUT2D eigenvalue weighted by molar-refractivity contribution is 0.257. The fraction of sp³-hybridized carbons (Fsp3) is 0.571. The number of phenolic OH excluding ortho intramolecular Hbond substituents is 1. The van der Waals surface area contributed by atoms with Crippen molar-refractivity contribution in [1.82, 2.24) is 4.90 Å². The average molecular weight is 232 g/mol. The molecule has 1 saturated heterocycles. The molecule has 1 saturated carbocycles.